The summed E-state index contributed by atoms with van der Waals surface area (Å²) in [5.74, 6) is -0.137. The Balaban J connectivity index is 2.41. The number of benzene rings is 2. The number of hydrogen-bond acceptors (Lipinski definition) is 2. The van der Waals surface area contributed by atoms with Gasteiger partial charge in [0.25, 0.3) is 0 Å². The van der Waals surface area contributed by atoms with E-state index in [1.807, 2.05) is 68.4 Å². The molecule has 0 fully saturated rings. The van der Waals surface area contributed by atoms with Crippen molar-refractivity contribution in [3.05, 3.63) is 60.2 Å². The Morgan fingerprint density at radius 1 is 1.00 bits per heavy atom. The maximum atomic E-state index is 12.6. The highest BCUT2D eigenvalue weighted by atomic mass is 16.3. The van der Waals surface area contributed by atoms with Gasteiger partial charge in [0.1, 0.15) is 0 Å². The van der Waals surface area contributed by atoms with E-state index in [0.717, 1.165) is 16.7 Å². The van der Waals surface area contributed by atoms with E-state index in [9.17, 15) is 9.90 Å². The van der Waals surface area contributed by atoms with Crippen LogP contribution in [0.4, 0.5) is 0 Å². The Morgan fingerprint density at radius 2 is 1.60 bits per heavy atom. The molecule has 20 heavy (non-hydrogen) atoms. The van der Waals surface area contributed by atoms with Gasteiger partial charge < -0.3 is 5.11 Å². The monoisotopic (exact) mass is 268 g/mol. The maximum absolute atomic E-state index is 12.6. The lowest BCUT2D eigenvalue weighted by molar-refractivity contribution is 0.0852. The van der Waals surface area contributed by atoms with Gasteiger partial charge in [-0.25, -0.2) is 0 Å². The Labute approximate surface area is 120 Å². The topological polar surface area (TPSA) is 37.3 Å². The van der Waals surface area contributed by atoms with Gasteiger partial charge >= 0.3 is 0 Å². The van der Waals surface area contributed by atoms with Crippen molar-refractivity contribution in [2.45, 2.75) is 13.8 Å². The molecule has 2 aromatic rings. The number of aliphatic hydroxyl groups is 1. The molecule has 0 aliphatic carbocycles. The van der Waals surface area contributed by atoms with E-state index in [2.05, 4.69) is 0 Å². The highest BCUT2D eigenvalue weighted by Gasteiger charge is 2.23. The quantitative estimate of drug-likeness (QED) is 0.837. The summed E-state index contributed by atoms with van der Waals surface area (Å²) in [6.07, 6.45) is 0. The molecule has 0 aromatic heterocycles. The van der Waals surface area contributed by atoms with Crippen LogP contribution < -0.4 is 0 Å². The van der Waals surface area contributed by atoms with Gasteiger partial charge in [-0.3, -0.25) is 4.79 Å². The van der Waals surface area contributed by atoms with Gasteiger partial charge in [-0.1, -0.05) is 68.4 Å². The molecule has 0 aliphatic rings. The lowest BCUT2D eigenvalue weighted by Gasteiger charge is -2.18. The van der Waals surface area contributed by atoms with Crippen LogP contribution in [-0.2, 0) is 0 Å². The highest BCUT2D eigenvalue weighted by molar-refractivity contribution is 6.03. The van der Waals surface area contributed by atoms with Gasteiger partial charge in [0, 0.05) is 18.1 Å². The fraction of sp³-hybridized carbons (Fsp3) is 0.278. The van der Waals surface area contributed by atoms with Crippen LogP contribution in [-0.4, -0.2) is 17.5 Å². The average Bonchev–Trinajstić information content (AvgIpc) is 2.53. The standard InChI is InChI=1S/C18H20O2/c1-13(12-19)14(2)18(20)17-11-7-6-10-16(17)15-8-4-3-5-9-15/h3-11,13-14,19H,12H2,1-2H3. The zero-order valence-electron chi connectivity index (χ0n) is 11.9. The van der Waals surface area contributed by atoms with Gasteiger partial charge in [-0.05, 0) is 17.0 Å². The summed E-state index contributed by atoms with van der Waals surface area (Å²) >= 11 is 0. The summed E-state index contributed by atoms with van der Waals surface area (Å²) in [5, 5.41) is 9.24. The summed E-state index contributed by atoms with van der Waals surface area (Å²) in [5.41, 5.74) is 2.72. The third-order valence-electron chi connectivity index (χ3n) is 3.83. The van der Waals surface area contributed by atoms with Crippen LogP contribution in [0.2, 0.25) is 0 Å². The first-order valence-corrected chi connectivity index (χ1v) is 6.94. The summed E-state index contributed by atoms with van der Waals surface area (Å²) in [6, 6.07) is 17.6. The minimum absolute atomic E-state index is 0.0282. The Kier molecular flexibility index (Phi) is 4.70. The van der Waals surface area contributed by atoms with E-state index < -0.39 is 0 Å². The second-order valence-electron chi connectivity index (χ2n) is 5.22. The van der Waals surface area contributed by atoms with E-state index in [-0.39, 0.29) is 24.2 Å². The first-order valence-electron chi connectivity index (χ1n) is 6.94. The molecule has 0 saturated heterocycles. The molecule has 0 amide bonds. The molecule has 2 unspecified atom stereocenters. The van der Waals surface area contributed by atoms with Crippen molar-refractivity contribution in [3.8, 4) is 11.1 Å². The molecule has 0 radical (unpaired) electrons. The normalized spacial score (nSPS) is 13.8. The number of ketones is 1. The van der Waals surface area contributed by atoms with E-state index in [0.29, 0.717) is 0 Å². The van der Waals surface area contributed by atoms with Gasteiger partial charge in [0.05, 0.1) is 0 Å². The van der Waals surface area contributed by atoms with E-state index in [4.69, 9.17) is 0 Å². The van der Waals surface area contributed by atoms with Crippen molar-refractivity contribution in [2.24, 2.45) is 11.8 Å². The third-order valence-corrected chi connectivity index (χ3v) is 3.83. The molecular weight excluding hydrogens is 248 g/mol. The molecule has 0 bridgehead atoms. The van der Waals surface area contributed by atoms with Gasteiger partial charge in [-0.2, -0.15) is 0 Å². The Bertz CT molecular complexity index is 575. The van der Waals surface area contributed by atoms with Crippen molar-refractivity contribution in [1.82, 2.24) is 0 Å². The lowest BCUT2D eigenvalue weighted by atomic mass is 9.86. The SMILES string of the molecule is CC(CO)C(C)C(=O)c1ccccc1-c1ccccc1. The molecule has 0 heterocycles. The maximum Gasteiger partial charge on any atom is 0.166 e. The Morgan fingerprint density at radius 3 is 2.25 bits per heavy atom. The molecule has 2 heteroatoms. The lowest BCUT2D eigenvalue weighted by Crippen LogP contribution is -2.22. The average molecular weight is 268 g/mol. The zero-order valence-corrected chi connectivity index (χ0v) is 11.9. The van der Waals surface area contributed by atoms with Crippen LogP contribution in [0.3, 0.4) is 0 Å². The molecule has 2 aromatic carbocycles. The molecule has 0 spiro atoms. The molecule has 2 nitrogen and oxygen atoms in total. The number of carbonyl (C=O) groups excluding carboxylic acids is 1. The van der Waals surface area contributed by atoms with Crippen LogP contribution in [0.1, 0.15) is 24.2 Å². The van der Waals surface area contributed by atoms with Crippen molar-refractivity contribution in [1.29, 1.82) is 0 Å². The minimum atomic E-state index is -0.190. The number of carbonyl (C=O) groups is 1. The summed E-state index contributed by atoms with van der Waals surface area (Å²) in [4.78, 5) is 12.6. The fourth-order valence-corrected chi connectivity index (χ4v) is 2.23. The van der Waals surface area contributed by atoms with Gasteiger partial charge in [-0.15, -0.1) is 0 Å². The van der Waals surface area contributed by atoms with E-state index in [1.165, 1.54) is 0 Å². The second kappa shape index (κ2) is 6.49. The third kappa shape index (κ3) is 2.97. The molecular formula is C18H20O2. The summed E-state index contributed by atoms with van der Waals surface area (Å²) in [7, 11) is 0. The molecule has 1 N–H and O–H groups in total. The number of hydrogen-bond donors (Lipinski definition) is 1. The van der Waals surface area contributed by atoms with Crippen LogP contribution in [0.5, 0.6) is 0 Å². The first-order chi connectivity index (χ1) is 9.65. The summed E-state index contributed by atoms with van der Waals surface area (Å²) in [6.45, 7) is 3.80. The van der Waals surface area contributed by atoms with E-state index >= 15 is 0 Å². The van der Waals surface area contributed by atoms with Crippen molar-refractivity contribution < 1.29 is 9.90 Å². The largest absolute Gasteiger partial charge is 0.396 e. The van der Waals surface area contributed by atoms with Crippen LogP contribution in [0.15, 0.2) is 54.6 Å². The smallest absolute Gasteiger partial charge is 0.166 e. The van der Waals surface area contributed by atoms with Gasteiger partial charge in [0.2, 0.25) is 0 Å². The molecule has 2 atom stereocenters. The van der Waals surface area contributed by atoms with Crippen LogP contribution in [0, 0.1) is 11.8 Å². The van der Waals surface area contributed by atoms with E-state index in [1.54, 1.807) is 0 Å². The first kappa shape index (κ1) is 14.5. The Hall–Kier alpha value is -1.93. The van der Waals surface area contributed by atoms with Crippen molar-refractivity contribution in [2.75, 3.05) is 6.61 Å². The number of aliphatic hydroxyl groups excluding tert-OH is 1. The van der Waals surface area contributed by atoms with Crippen molar-refractivity contribution in [3.63, 3.8) is 0 Å². The number of rotatable bonds is 5. The predicted octanol–water partition coefficient (Wildman–Crippen LogP) is 3.80. The van der Waals surface area contributed by atoms with Crippen LogP contribution >= 0.6 is 0 Å². The predicted molar refractivity (Wildman–Crippen MR) is 81.6 cm³/mol. The second-order valence-corrected chi connectivity index (χ2v) is 5.22. The number of Topliss-reactive ketones (excluding diaryl/α,β-unsaturated/α-hetero) is 1. The molecule has 0 saturated carbocycles. The molecule has 2 rings (SSSR count). The molecule has 0 aliphatic heterocycles. The van der Waals surface area contributed by atoms with Crippen LogP contribution in [0.25, 0.3) is 11.1 Å². The highest BCUT2D eigenvalue weighted by Crippen LogP contribution is 2.27. The minimum Gasteiger partial charge on any atom is -0.396 e. The summed E-state index contributed by atoms with van der Waals surface area (Å²) < 4.78 is 0. The molecule has 104 valence electrons. The van der Waals surface area contributed by atoms with Crippen molar-refractivity contribution >= 4 is 5.78 Å². The van der Waals surface area contributed by atoms with Gasteiger partial charge in [0.15, 0.2) is 5.78 Å². The zero-order chi connectivity index (χ0) is 14.5. The fourth-order valence-electron chi connectivity index (χ4n) is 2.23.